The Morgan fingerprint density at radius 3 is 2.69 bits per heavy atom. The Hall–Kier alpha value is -2.41. The van der Waals surface area contributed by atoms with Gasteiger partial charge in [-0.2, -0.15) is 13.5 Å². The molecule has 0 bridgehead atoms. The van der Waals surface area contributed by atoms with Crippen molar-refractivity contribution in [1.29, 1.82) is 0 Å². The topological polar surface area (TPSA) is 114 Å². The van der Waals surface area contributed by atoms with E-state index in [0.29, 0.717) is 6.42 Å². The maximum absolute atomic E-state index is 14.0. The average Bonchev–Trinajstić information content (AvgIpc) is 3.35. The highest BCUT2D eigenvalue weighted by Gasteiger charge is 2.33. The van der Waals surface area contributed by atoms with Crippen LogP contribution in [0, 0.1) is 11.0 Å². The van der Waals surface area contributed by atoms with Crippen LogP contribution in [0.3, 0.4) is 0 Å². The van der Waals surface area contributed by atoms with Gasteiger partial charge in [-0.3, -0.25) is 9.15 Å². The first-order chi connectivity index (χ1) is 15.0. The highest BCUT2D eigenvalue weighted by molar-refractivity contribution is 7.91. The molecule has 1 N–H and O–H groups in total. The standard InChI is InChI=1S/C19H25ClFN6O4S/c1-4-13-8-14(9-17(20)18(13)21)23-19(28)27(29)32(30,31)26(16-10-22-25(3)11-16)12-15-6-5-7-24(15)2/h8-11,15H,4-7,12H2,1-3H3,(H,23,28)/q-1. The zero-order chi connectivity index (χ0) is 23.6. The molecule has 13 heteroatoms. The van der Waals surface area contributed by atoms with Gasteiger partial charge in [-0.1, -0.05) is 18.5 Å². The molecular weight excluding hydrogens is 463 g/mol. The summed E-state index contributed by atoms with van der Waals surface area (Å²) >= 11 is 5.83. The molecule has 0 aliphatic carbocycles. The fraction of sp³-hybridized carbons (Fsp3) is 0.474. The number of likely N-dealkylation sites (tertiary alicyclic amines) is 1. The van der Waals surface area contributed by atoms with E-state index in [4.69, 9.17) is 11.6 Å². The maximum Gasteiger partial charge on any atom is 0.326 e. The lowest BCUT2D eigenvalue weighted by Gasteiger charge is -2.36. The van der Waals surface area contributed by atoms with Crippen LogP contribution in [0.15, 0.2) is 24.5 Å². The van der Waals surface area contributed by atoms with Crippen LogP contribution in [0.1, 0.15) is 25.3 Å². The molecule has 2 heterocycles. The van der Waals surface area contributed by atoms with Gasteiger partial charge in [0, 0.05) is 25.0 Å². The van der Waals surface area contributed by atoms with E-state index in [9.17, 15) is 22.8 Å². The van der Waals surface area contributed by atoms with Crippen LogP contribution in [0.5, 0.6) is 0 Å². The summed E-state index contributed by atoms with van der Waals surface area (Å²) in [5.41, 5.74) is 0.395. The number of likely N-dealkylation sites (N-methyl/N-ethyl adjacent to an activating group) is 1. The predicted molar refractivity (Wildman–Crippen MR) is 120 cm³/mol. The number of nitrogens with one attached hydrogen (secondary N) is 1. The van der Waals surface area contributed by atoms with Crippen LogP contribution >= 0.6 is 11.6 Å². The lowest BCUT2D eigenvalue weighted by atomic mass is 10.1. The van der Waals surface area contributed by atoms with Gasteiger partial charge in [-0.05, 0) is 50.6 Å². The number of carbonyl (C=O) groups is 1. The monoisotopic (exact) mass is 487 g/mol. The number of rotatable bonds is 7. The van der Waals surface area contributed by atoms with Crippen molar-refractivity contribution in [1.82, 2.24) is 19.1 Å². The lowest BCUT2D eigenvalue weighted by molar-refractivity contribution is 0.243. The number of hydrogen-bond donors (Lipinski definition) is 1. The van der Waals surface area contributed by atoms with Crippen molar-refractivity contribution in [3.8, 4) is 0 Å². The number of benzene rings is 1. The van der Waals surface area contributed by atoms with Gasteiger partial charge in [0.05, 0.1) is 23.5 Å². The number of aryl methyl sites for hydroxylation is 2. The molecule has 1 aliphatic rings. The Morgan fingerprint density at radius 2 is 2.12 bits per heavy atom. The van der Waals surface area contributed by atoms with Crippen molar-refractivity contribution in [3.05, 3.63) is 46.1 Å². The molecule has 32 heavy (non-hydrogen) atoms. The summed E-state index contributed by atoms with van der Waals surface area (Å²) in [7, 11) is -1.31. The molecule has 1 fully saturated rings. The van der Waals surface area contributed by atoms with E-state index in [1.54, 1.807) is 14.0 Å². The van der Waals surface area contributed by atoms with Gasteiger partial charge < -0.3 is 15.4 Å². The summed E-state index contributed by atoms with van der Waals surface area (Å²) in [4.78, 5) is 14.5. The largest absolute Gasteiger partial charge is 0.740 e. The van der Waals surface area contributed by atoms with Crippen LogP contribution in [-0.2, 0) is 23.7 Å². The van der Waals surface area contributed by atoms with E-state index in [-0.39, 0.29) is 34.5 Å². The first kappa shape index (κ1) is 24.2. The number of aromatic nitrogens is 2. The quantitative estimate of drug-likeness (QED) is 0.600. The predicted octanol–water partition coefficient (Wildman–Crippen LogP) is 2.95. The lowest BCUT2D eigenvalue weighted by Crippen LogP contribution is -2.49. The van der Waals surface area contributed by atoms with E-state index in [0.717, 1.165) is 29.8 Å². The third kappa shape index (κ3) is 4.98. The number of anilines is 2. The Morgan fingerprint density at radius 1 is 1.41 bits per heavy atom. The number of amides is 2. The normalized spacial score (nSPS) is 16.9. The molecule has 1 saturated heterocycles. The molecule has 1 aromatic carbocycles. The third-order valence-electron chi connectivity index (χ3n) is 5.42. The van der Waals surface area contributed by atoms with Gasteiger partial charge in [0.2, 0.25) is 0 Å². The Bertz CT molecular complexity index is 1100. The minimum atomic E-state index is -4.79. The molecule has 176 valence electrons. The second-order valence-electron chi connectivity index (χ2n) is 7.63. The van der Waals surface area contributed by atoms with E-state index in [1.165, 1.54) is 23.1 Å². The number of hydroxylamine groups is 1. The highest BCUT2D eigenvalue weighted by atomic mass is 35.5. The maximum atomic E-state index is 14.0. The summed E-state index contributed by atoms with van der Waals surface area (Å²) in [5, 5.41) is 18.6. The van der Waals surface area contributed by atoms with Crippen molar-refractivity contribution in [2.75, 3.05) is 29.8 Å². The Labute approximate surface area is 191 Å². The number of halogens is 2. The van der Waals surface area contributed by atoms with Crippen molar-refractivity contribution in [3.63, 3.8) is 0 Å². The van der Waals surface area contributed by atoms with Gasteiger partial charge >= 0.3 is 16.2 Å². The number of carbonyl (C=O) groups excluding carboxylic acids is 1. The summed E-state index contributed by atoms with van der Waals surface area (Å²) in [6.07, 6.45) is 4.70. The third-order valence-corrected chi connectivity index (χ3v) is 7.19. The molecule has 2 amide bonds. The Kier molecular flexibility index (Phi) is 7.28. The number of urea groups is 1. The van der Waals surface area contributed by atoms with Gasteiger partial charge in [-0.15, -0.1) is 0 Å². The fourth-order valence-electron chi connectivity index (χ4n) is 3.61. The molecule has 1 unspecified atom stereocenters. The zero-order valence-electron chi connectivity index (χ0n) is 18.0. The zero-order valence-corrected chi connectivity index (χ0v) is 19.5. The second kappa shape index (κ2) is 9.61. The number of nitrogens with zero attached hydrogens (tertiary/aromatic N) is 5. The van der Waals surface area contributed by atoms with E-state index in [1.807, 2.05) is 11.9 Å². The Balaban J connectivity index is 1.86. The van der Waals surface area contributed by atoms with Gasteiger partial charge in [0.25, 0.3) is 0 Å². The van der Waals surface area contributed by atoms with Crippen molar-refractivity contribution < 1.29 is 17.6 Å². The van der Waals surface area contributed by atoms with E-state index in [2.05, 4.69) is 10.4 Å². The fourth-order valence-corrected chi connectivity index (χ4v) is 5.00. The molecule has 1 aromatic heterocycles. The summed E-state index contributed by atoms with van der Waals surface area (Å²) in [5.74, 6) is -0.637. The average molecular weight is 488 g/mol. The van der Waals surface area contributed by atoms with Crippen molar-refractivity contribution >= 4 is 39.2 Å². The molecule has 0 radical (unpaired) electrons. The molecule has 1 atom stereocenters. The first-order valence-corrected chi connectivity index (χ1v) is 11.8. The highest BCUT2D eigenvalue weighted by Crippen LogP contribution is 2.27. The minimum absolute atomic E-state index is 0.0118. The van der Waals surface area contributed by atoms with E-state index >= 15 is 0 Å². The van der Waals surface area contributed by atoms with Crippen LogP contribution < -0.4 is 9.62 Å². The van der Waals surface area contributed by atoms with Crippen LogP contribution in [0.2, 0.25) is 5.02 Å². The smallest absolute Gasteiger partial charge is 0.326 e. The minimum Gasteiger partial charge on any atom is -0.740 e. The van der Waals surface area contributed by atoms with Gasteiger partial charge in [0.15, 0.2) is 0 Å². The molecular formula is C19H25ClFN6O4S-. The molecule has 2 aromatic rings. The molecule has 0 saturated carbocycles. The summed E-state index contributed by atoms with van der Waals surface area (Å²) in [6.45, 7) is 2.48. The van der Waals surface area contributed by atoms with Crippen molar-refractivity contribution in [2.45, 2.75) is 32.2 Å². The van der Waals surface area contributed by atoms with E-state index < -0.39 is 26.5 Å². The molecule has 1 aliphatic heterocycles. The van der Waals surface area contributed by atoms with Crippen LogP contribution in [-0.4, -0.2) is 59.8 Å². The SMILES string of the molecule is CCc1cc(NC(=O)N([O-])S(=O)(=O)N(CC2CCCN2C)c2cnn(C)c2)cc(Cl)c1F. The first-order valence-electron chi connectivity index (χ1n) is 10.0. The van der Waals surface area contributed by atoms with Crippen molar-refractivity contribution in [2.24, 2.45) is 7.05 Å². The van der Waals surface area contributed by atoms with Gasteiger partial charge in [-0.25, -0.2) is 13.5 Å². The summed E-state index contributed by atoms with van der Waals surface area (Å²) in [6, 6.07) is 0.847. The molecule has 0 spiro atoms. The van der Waals surface area contributed by atoms with Gasteiger partial charge in [0.1, 0.15) is 5.82 Å². The molecule has 3 rings (SSSR count). The second-order valence-corrected chi connectivity index (χ2v) is 9.71. The summed E-state index contributed by atoms with van der Waals surface area (Å²) < 4.78 is 41.9. The van der Waals surface area contributed by atoms with Crippen LogP contribution in [0.25, 0.3) is 0 Å². The molecule has 10 nitrogen and oxygen atoms in total. The number of hydrogen-bond acceptors (Lipinski definition) is 6. The van der Waals surface area contributed by atoms with Crippen LogP contribution in [0.4, 0.5) is 20.6 Å².